The van der Waals surface area contributed by atoms with Gasteiger partial charge in [-0.15, -0.1) is 0 Å². The van der Waals surface area contributed by atoms with Gasteiger partial charge in [0.2, 0.25) is 0 Å². The normalized spacial score (nSPS) is 18.3. The average Bonchev–Trinajstić information content (AvgIpc) is 2.70. The number of anilines is 2. The zero-order valence-electron chi connectivity index (χ0n) is 16.9. The second-order valence-corrected chi connectivity index (χ2v) is 7.89. The first-order valence-corrected chi connectivity index (χ1v) is 9.95. The molecule has 0 unspecified atom stereocenters. The molecule has 0 saturated carbocycles. The van der Waals surface area contributed by atoms with Crippen molar-refractivity contribution in [2.24, 2.45) is 0 Å². The molecule has 2 atom stereocenters. The van der Waals surface area contributed by atoms with Crippen molar-refractivity contribution in [3.8, 4) is 0 Å². The quantitative estimate of drug-likeness (QED) is 0.594. The molecule has 1 amide bonds. The molecule has 148 valence electrons. The third-order valence-corrected chi connectivity index (χ3v) is 5.54. The number of nitrogens with zero attached hydrogens (tertiary/aromatic N) is 1. The summed E-state index contributed by atoms with van der Waals surface area (Å²) in [5, 5.41) is 3.64. The number of hydrogen-bond donors (Lipinski definition) is 1. The highest BCUT2D eigenvalue weighted by molar-refractivity contribution is 6.07. The second-order valence-electron chi connectivity index (χ2n) is 7.89. The fourth-order valence-corrected chi connectivity index (χ4v) is 4.01. The van der Waals surface area contributed by atoms with Gasteiger partial charge in [0.25, 0.3) is 5.91 Å². The summed E-state index contributed by atoms with van der Waals surface area (Å²) in [5.41, 5.74) is 5.96. The van der Waals surface area contributed by atoms with Crippen LogP contribution in [-0.4, -0.2) is 11.9 Å². The Kier molecular flexibility index (Phi) is 5.10. The number of benzene rings is 3. The van der Waals surface area contributed by atoms with Crippen molar-refractivity contribution >= 4 is 17.3 Å². The lowest BCUT2D eigenvalue weighted by atomic mass is 9.89. The minimum absolute atomic E-state index is 0.00528. The van der Waals surface area contributed by atoms with E-state index in [2.05, 4.69) is 56.4 Å². The van der Waals surface area contributed by atoms with Crippen molar-refractivity contribution in [1.82, 2.24) is 0 Å². The van der Waals surface area contributed by atoms with Gasteiger partial charge in [0.05, 0.1) is 6.04 Å². The molecule has 4 rings (SSSR count). The van der Waals surface area contributed by atoms with Crippen molar-refractivity contribution in [3.63, 3.8) is 0 Å². The van der Waals surface area contributed by atoms with E-state index in [1.54, 1.807) is 12.1 Å². The van der Waals surface area contributed by atoms with Crippen LogP contribution in [0.5, 0.6) is 0 Å². The number of hydrogen-bond acceptors (Lipinski definition) is 2. The lowest BCUT2D eigenvalue weighted by Gasteiger charge is -2.40. The van der Waals surface area contributed by atoms with Crippen LogP contribution >= 0.6 is 0 Å². The van der Waals surface area contributed by atoms with Crippen LogP contribution in [0.3, 0.4) is 0 Å². The van der Waals surface area contributed by atoms with Crippen molar-refractivity contribution in [3.05, 3.63) is 94.8 Å². The molecule has 0 radical (unpaired) electrons. The van der Waals surface area contributed by atoms with E-state index in [9.17, 15) is 9.18 Å². The van der Waals surface area contributed by atoms with E-state index in [1.165, 1.54) is 17.7 Å². The van der Waals surface area contributed by atoms with Gasteiger partial charge >= 0.3 is 0 Å². The molecule has 1 aliphatic rings. The summed E-state index contributed by atoms with van der Waals surface area (Å²) in [6, 6.07) is 20.5. The molecule has 3 aromatic rings. The summed E-state index contributed by atoms with van der Waals surface area (Å²) in [5.74, 6) is -0.442. The molecule has 3 aromatic carbocycles. The van der Waals surface area contributed by atoms with E-state index in [0.29, 0.717) is 5.56 Å². The van der Waals surface area contributed by atoms with Gasteiger partial charge in [0, 0.05) is 23.0 Å². The summed E-state index contributed by atoms with van der Waals surface area (Å²) in [4.78, 5) is 15.1. The highest BCUT2D eigenvalue weighted by atomic mass is 19.1. The summed E-state index contributed by atoms with van der Waals surface area (Å²) >= 11 is 0. The maximum atomic E-state index is 13.3. The van der Waals surface area contributed by atoms with E-state index >= 15 is 0 Å². The minimum atomic E-state index is -0.341. The molecule has 4 heteroatoms. The second kappa shape index (κ2) is 7.70. The number of nitrogens with one attached hydrogen (secondary N) is 1. The minimum Gasteiger partial charge on any atom is -0.378 e. The molecule has 0 aromatic heterocycles. The van der Waals surface area contributed by atoms with Crippen molar-refractivity contribution < 1.29 is 9.18 Å². The Hall–Kier alpha value is -3.14. The van der Waals surface area contributed by atoms with Gasteiger partial charge in [-0.3, -0.25) is 4.79 Å². The van der Waals surface area contributed by atoms with Gasteiger partial charge in [0.1, 0.15) is 5.82 Å². The fourth-order valence-electron chi connectivity index (χ4n) is 4.01. The molecule has 1 N–H and O–H groups in total. The molecular weight excluding hydrogens is 363 g/mol. The SMILES string of the molecule is Cc1ccc(N[C@@H]2C[C@H](C)N(C(=O)c3ccc(F)cc3)c3ccc(C)cc32)cc1. The zero-order valence-corrected chi connectivity index (χ0v) is 16.9. The summed E-state index contributed by atoms with van der Waals surface area (Å²) in [6.07, 6.45) is 0.789. The maximum Gasteiger partial charge on any atom is 0.258 e. The Balaban J connectivity index is 1.70. The van der Waals surface area contributed by atoms with Crippen LogP contribution in [0.4, 0.5) is 15.8 Å². The van der Waals surface area contributed by atoms with Gasteiger partial charge in [0.15, 0.2) is 0 Å². The number of halogens is 1. The Labute approximate surface area is 171 Å². The van der Waals surface area contributed by atoms with E-state index < -0.39 is 0 Å². The van der Waals surface area contributed by atoms with Crippen molar-refractivity contribution in [2.75, 3.05) is 10.2 Å². The Morgan fingerprint density at radius 1 is 0.966 bits per heavy atom. The number of amides is 1. The Bertz CT molecular complexity index is 1030. The van der Waals surface area contributed by atoms with Crippen LogP contribution in [0.2, 0.25) is 0 Å². The summed E-state index contributed by atoms with van der Waals surface area (Å²) < 4.78 is 13.3. The lowest BCUT2D eigenvalue weighted by molar-refractivity contribution is 0.0974. The van der Waals surface area contributed by atoms with E-state index in [-0.39, 0.29) is 23.8 Å². The summed E-state index contributed by atoms with van der Waals surface area (Å²) in [6.45, 7) is 6.20. The number of aryl methyl sites for hydroxylation is 2. The standard InChI is InChI=1S/C25H25FN2O/c1-16-4-11-21(12-5-16)27-23-15-18(3)28(24-13-6-17(2)14-22(23)24)25(29)19-7-9-20(26)10-8-19/h4-14,18,23,27H,15H2,1-3H3/t18-,23+/m0/s1. The predicted molar refractivity (Wildman–Crippen MR) is 116 cm³/mol. The monoisotopic (exact) mass is 388 g/mol. The number of carbonyl (C=O) groups excluding carboxylic acids is 1. The highest BCUT2D eigenvalue weighted by Crippen LogP contribution is 2.40. The molecule has 29 heavy (non-hydrogen) atoms. The number of carbonyl (C=O) groups is 1. The predicted octanol–water partition coefficient (Wildman–Crippen LogP) is 6.03. The molecule has 0 fully saturated rings. The lowest BCUT2D eigenvalue weighted by Crippen LogP contribution is -2.44. The van der Waals surface area contributed by atoms with Gasteiger partial charge in [-0.1, -0.05) is 35.4 Å². The smallest absolute Gasteiger partial charge is 0.258 e. The van der Waals surface area contributed by atoms with Crippen LogP contribution in [-0.2, 0) is 0 Å². The fraction of sp³-hybridized carbons (Fsp3) is 0.240. The molecule has 0 aliphatic carbocycles. The van der Waals surface area contributed by atoms with E-state index in [0.717, 1.165) is 28.9 Å². The van der Waals surface area contributed by atoms with Gasteiger partial charge in [-0.2, -0.15) is 0 Å². The van der Waals surface area contributed by atoms with Crippen LogP contribution in [0.15, 0.2) is 66.7 Å². The van der Waals surface area contributed by atoms with Crippen LogP contribution in [0.1, 0.15) is 46.4 Å². The van der Waals surface area contributed by atoms with Crippen molar-refractivity contribution in [1.29, 1.82) is 0 Å². The molecule has 3 nitrogen and oxygen atoms in total. The topological polar surface area (TPSA) is 32.3 Å². The Morgan fingerprint density at radius 3 is 2.31 bits per heavy atom. The van der Waals surface area contributed by atoms with Gasteiger partial charge < -0.3 is 10.2 Å². The van der Waals surface area contributed by atoms with Crippen LogP contribution in [0, 0.1) is 19.7 Å². The highest BCUT2D eigenvalue weighted by Gasteiger charge is 2.34. The molecule has 0 spiro atoms. The average molecular weight is 388 g/mol. The zero-order chi connectivity index (χ0) is 20.5. The van der Waals surface area contributed by atoms with Gasteiger partial charge in [-0.05, 0) is 75.2 Å². The first kappa shape index (κ1) is 19.2. The Morgan fingerprint density at radius 2 is 1.62 bits per heavy atom. The third kappa shape index (κ3) is 3.88. The maximum absolute atomic E-state index is 13.3. The van der Waals surface area contributed by atoms with Crippen LogP contribution < -0.4 is 10.2 Å². The van der Waals surface area contributed by atoms with E-state index in [1.807, 2.05) is 17.0 Å². The number of fused-ring (bicyclic) bond motifs is 1. The van der Waals surface area contributed by atoms with Gasteiger partial charge in [-0.25, -0.2) is 4.39 Å². The summed E-state index contributed by atoms with van der Waals surface area (Å²) in [7, 11) is 0. The molecule has 0 saturated heterocycles. The number of rotatable bonds is 3. The van der Waals surface area contributed by atoms with E-state index in [4.69, 9.17) is 0 Å². The third-order valence-electron chi connectivity index (χ3n) is 5.54. The largest absolute Gasteiger partial charge is 0.378 e. The molecule has 1 aliphatic heterocycles. The molecule has 0 bridgehead atoms. The molecule has 1 heterocycles. The molecular formula is C25H25FN2O. The first-order chi connectivity index (χ1) is 13.9. The first-order valence-electron chi connectivity index (χ1n) is 9.95. The van der Waals surface area contributed by atoms with Crippen LogP contribution in [0.25, 0.3) is 0 Å². The van der Waals surface area contributed by atoms with Crippen molar-refractivity contribution in [2.45, 2.75) is 39.3 Å².